The van der Waals surface area contributed by atoms with Crippen molar-refractivity contribution in [3.8, 4) is 0 Å². The molecule has 1 saturated carbocycles. The Bertz CT molecular complexity index is 521. The predicted molar refractivity (Wildman–Crippen MR) is 67.0 cm³/mol. The van der Waals surface area contributed by atoms with E-state index in [0.29, 0.717) is 10.7 Å². The van der Waals surface area contributed by atoms with Gasteiger partial charge < -0.3 is 4.74 Å². The van der Waals surface area contributed by atoms with E-state index < -0.39 is 5.97 Å². The van der Waals surface area contributed by atoms with Crippen LogP contribution in [0.4, 0.5) is 0 Å². The summed E-state index contributed by atoms with van der Waals surface area (Å²) in [7, 11) is 1.26. The number of pyridine rings is 1. The van der Waals surface area contributed by atoms with Gasteiger partial charge in [-0.15, -0.1) is 0 Å². The van der Waals surface area contributed by atoms with Crippen molar-refractivity contribution in [3.05, 3.63) is 34.6 Å². The minimum absolute atomic E-state index is 0.0346. The maximum atomic E-state index is 12.0. The first-order valence-corrected chi connectivity index (χ1v) is 5.95. The lowest BCUT2D eigenvalue weighted by Gasteiger charge is -2.04. The summed E-state index contributed by atoms with van der Waals surface area (Å²) in [5.74, 6) is -0.803. The minimum atomic E-state index is -0.611. The zero-order valence-corrected chi connectivity index (χ0v) is 10.6. The molecule has 94 valence electrons. The smallest absolute Gasteiger partial charge is 0.341 e. The second-order valence-electron chi connectivity index (χ2n) is 4.10. The number of esters is 1. The van der Waals surface area contributed by atoms with Crippen molar-refractivity contribution in [1.82, 2.24) is 4.98 Å². The first-order valence-electron chi connectivity index (χ1n) is 5.57. The summed E-state index contributed by atoms with van der Waals surface area (Å²) in [5, 5.41) is 0.312. The Morgan fingerprint density at radius 3 is 2.78 bits per heavy atom. The van der Waals surface area contributed by atoms with Gasteiger partial charge in [-0.1, -0.05) is 11.6 Å². The summed E-state index contributed by atoms with van der Waals surface area (Å²) in [5.41, 5.74) is 0.728. The van der Waals surface area contributed by atoms with Crippen LogP contribution in [0.5, 0.6) is 0 Å². The number of methoxy groups -OCH3 is 1. The number of aromatic nitrogens is 1. The van der Waals surface area contributed by atoms with Crippen molar-refractivity contribution >= 4 is 29.4 Å². The highest BCUT2D eigenvalue weighted by Gasteiger charge is 2.34. The highest BCUT2D eigenvalue weighted by molar-refractivity contribution is 6.29. The van der Waals surface area contributed by atoms with Crippen molar-refractivity contribution < 1.29 is 14.3 Å². The number of halogens is 1. The average Bonchev–Trinajstić information content (AvgIpc) is 3.18. The second kappa shape index (κ2) is 5.31. The van der Waals surface area contributed by atoms with E-state index in [2.05, 4.69) is 9.72 Å². The van der Waals surface area contributed by atoms with Crippen LogP contribution < -0.4 is 0 Å². The van der Waals surface area contributed by atoms with Gasteiger partial charge in [0.1, 0.15) is 10.7 Å². The van der Waals surface area contributed by atoms with Crippen LogP contribution in [0.3, 0.4) is 0 Å². The molecule has 5 heteroatoms. The first-order chi connectivity index (χ1) is 8.61. The minimum Gasteiger partial charge on any atom is -0.465 e. The number of Topliss-reactive ketones (excluding diaryl/α,β-unsaturated/α-hetero) is 1. The first kappa shape index (κ1) is 12.8. The molecule has 1 aromatic heterocycles. The summed E-state index contributed by atoms with van der Waals surface area (Å²) >= 11 is 5.75. The molecule has 0 N–H and O–H groups in total. The molecule has 0 spiro atoms. The van der Waals surface area contributed by atoms with Crippen molar-refractivity contribution in [3.63, 3.8) is 0 Å². The van der Waals surface area contributed by atoms with Gasteiger partial charge in [-0.25, -0.2) is 9.78 Å². The molecule has 0 saturated heterocycles. The van der Waals surface area contributed by atoms with Crippen LogP contribution in [0, 0.1) is 5.92 Å². The van der Waals surface area contributed by atoms with E-state index >= 15 is 0 Å². The molecule has 0 aliphatic heterocycles. The van der Waals surface area contributed by atoms with Crippen LogP contribution in [-0.2, 0) is 14.3 Å². The van der Waals surface area contributed by atoms with Gasteiger partial charge in [0.05, 0.1) is 7.11 Å². The lowest BCUT2D eigenvalue weighted by Crippen LogP contribution is -2.15. The monoisotopic (exact) mass is 265 g/mol. The molecule has 1 aliphatic carbocycles. The molecule has 0 unspecified atom stereocenters. The molecule has 0 radical (unpaired) electrons. The van der Waals surface area contributed by atoms with E-state index in [-0.39, 0.29) is 17.3 Å². The van der Waals surface area contributed by atoms with E-state index in [1.54, 1.807) is 12.1 Å². The number of carbonyl (C=O) groups excluding carboxylic acids is 2. The number of carbonyl (C=O) groups is 2. The molecule has 0 bridgehead atoms. The van der Waals surface area contributed by atoms with Crippen LogP contribution in [-0.4, -0.2) is 23.8 Å². The van der Waals surface area contributed by atoms with E-state index in [1.165, 1.54) is 19.4 Å². The van der Waals surface area contributed by atoms with Gasteiger partial charge in [-0.2, -0.15) is 0 Å². The van der Waals surface area contributed by atoms with Crippen LogP contribution >= 0.6 is 11.6 Å². The fourth-order valence-electron chi connectivity index (χ4n) is 1.58. The van der Waals surface area contributed by atoms with Crippen LogP contribution in [0.15, 0.2) is 23.9 Å². The Kier molecular flexibility index (Phi) is 3.77. The Balaban J connectivity index is 2.33. The number of hydrogen-bond acceptors (Lipinski definition) is 4. The summed E-state index contributed by atoms with van der Waals surface area (Å²) in [6, 6.07) is 3.26. The third-order valence-corrected chi connectivity index (χ3v) is 2.89. The van der Waals surface area contributed by atoms with Gasteiger partial charge >= 0.3 is 5.97 Å². The van der Waals surface area contributed by atoms with E-state index in [4.69, 9.17) is 11.6 Å². The van der Waals surface area contributed by atoms with E-state index in [9.17, 15) is 9.59 Å². The van der Waals surface area contributed by atoms with Gasteiger partial charge in [0.2, 0.25) is 0 Å². The van der Waals surface area contributed by atoms with E-state index in [1.807, 2.05) is 0 Å². The van der Waals surface area contributed by atoms with Gasteiger partial charge in [0.25, 0.3) is 0 Å². The third kappa shape index (κ3) is 2.96. The lowest BCUT2D eigenvalue weighted by atomic mass is 10.0. The van der Waals surface area contributed by atoms with Crippen LogP contribution in [0.1, 0.15) is 18.4 Å². The summed E-state index contributed by atoms with van der Waals surface area (Å²) in [4.78, 5) is 27.4. The van der Waals surface area contributed by atoms with Crippen LogP contribution in [0.2, 0.25) is 5.15 Å². The molecule has 18 heavy (non-hydrogen) atoms. The number of rotatable bonds is 4. The standard InChI is InChI=1S/C13H12ClNO3/c1-18-13(17)10(12(16)9-2-3-9)6-8-4-5-15-11(14)7-8/h4-7,9H,2-3H2,1H3/b10-6+. The third-order valence-electron chi connectivity index (χ3n) is 2.68. The summed E-state index contributed by atoms with van der Waals surface area (Å²) in [6.07, 6.45) is 4.69. The predicted octanol–water partition coefficient (Wildman–Crippen LogP) is 2.27. The molecule has 0 amide bonds. The molecule has 1 aliphatic rings. The van der Waals surface area contributed by atoms with Gasteiger partial charge in [0.15, 0.2) is 5.78 Å². The maximum Gasteiger partial charge on any atom is 0.341 e. The number of ether oxygens (including phenoxy) is 1. The van der Waals surface area contributed by atoms with Crippen molar-refractivity contribution in [2.45, 2.75) is 12.8 Å². The molecule has 1 heterocycles. The van der Waals surface area contributed by atoms with Crippen LogP contribution in [0.25, 0.3) is 6.08 Å². The highest BCUT2D eigenvalue weighted by atomic mass is 35.5. The number of ketones is 1. The molecular formula is C13H12ClNO3. The molecule has 2 rings (SSSR count). The summed E-state index contributed by atoms with van der Waals surface area (Å²) in [6.45, 7) is 0. The lowest BCUT2D eigenvalue weighted by molar-refractivity contribution is -0.137. The molecule has 4 nitrogen and oxygen atoms in total. The quantitative estimate of drug-likeness (QED) is 0.276. The Hall–Kier alpha value is -1.68. The SMILES string of the molecule is COC(=O)/C(=C/c1ccnc(Cl)c1)C(=O)C1CC1. The molecule has 0 atom stereocenters. The highest BCUT2D eigenvalue weighted by Crippen LogP contribution is 2.33. The maximum absolute atomic E-state index is 12.0. The Morgan fingerprint density at radius 2 is 2.22 bits per heavy atom. The van der Waals surface area contributed by atoms with Crippen molar-refractivity contribution in [1.29, 1.82) is 0 Å². The molecular weight excluding hydrogens is 254 g/mol. The zero-order chi connectivity index (χ0) is 13.1. The van der Waals surface area contributed by atoms with Gasteiger partial charge in [-0.05, 0) is 36.6 Å². The topological polar surface area (TPSA) is 56.3 Å². The number of nitrogens with zero attached hydrogens (tertiary/aromatic N) is 1. The molecule has 1 fully saturated rings. The molecule has 0 aromatic carbocycles. The fraction of sp³-hybridized carbons (Fsp3) is 0.308. The van der Waals surface area contributed by atoms with Gasteiger partial charge in [-0.3, -0.25) is 4.79 Å². The average molecular weight is 266 g/mol. The Morgan fingerprint density at radius 1 is 1.50 bits per heavy atom. The fourth-order valence-corrected chi connectivity index (χ4v) is 1.76. The normalized spacial score (nSPS) is 15.3. The second-order valence-corrected chi connectivity index (χ2v) is 4.49. The van der Waals surface area contributed by atoms with Gasteiger partial charge in [0, 0.05) is 12.1 Å². The van der Waals surface area contributed by atoms with E-state index in [0.717, 1.165) is 12.8 Å². The van der Waals surface area contributed by atoms with Crippen molar-refractivity contribution in [2.75, 3.05) is 7.11 Å². The largest absolute Gasteiger partial charge is 0.465 e. The number of hydrogen-bond donors (Lipinski definition) is 0. The summed E-state index contributed by atoms with van der Waals surface area (Å²) < 4.78 is 4.64. The van der Waals surface area contributed by atoms with Crippen molar-refractivity contribution in [2.24, 2.45) is 5.92 Å². The Labute approximate surface area is 110 Å². The molecule has 1 aromatic rings. The zero-order valence-electron chi connectivity index (χ0n) is 9.85.